The summed E-state index contributed by atoms with van der Waals surface area (Å²) in [5.41, 5.74) is 1.81. The molecule has 1 aromatic heterocycles. The number of H-pyrrole nitrogens is 1. The first-order valence-corrected chi connectivity index (χ1v) is 7.14. The van der Waals surface area contributed by atoms with Gasteiger partial charge in [0.25, 0.3) is 5.91 Å². The third-order valence-corrected chi connectivity index (χ3v) is 3.08. The summed E-state index contributed by atoms with van der Waals surface area (Å²) in [7, 11) is 0. The number of rotatable bonds is 6. The second-order valence-corrected chi connectivity index (χ2v) is 5.09. The Kier molecular flexibility index (Phi) is 5.05. The number of amides is 1. The maximum atomic E-state index is 12.2. The third kappa shape index (κ3) is 3.88. The van der Waals surface area contributed by atoms with Crippen molar-refractivity contribution in [2.24, 2.45) is 0 Å². The zero-order valence-electron chi connectivity index (χ0n) is 12.6. The van der Waals surface area contributed by atoms with Crippen molar-refractivity contribution in [3.8, 4) is 0 Å². The lowest BCUT2D eigenvalue weighted by Gasteiger charge is -2.10. The molecule has 0 aliphatic carbocycles. The predicted octanol–water partition coefficient (Wildman–Crippen LogP) is 2.29. The minimum Gasteiger partial charge on any atom is -0.319 e. The van der Waals surface area contributed by atoms with E-state index in [0.29, 0.717) is 12.4 Å². The van der Waals surface area contributed by atoms with Gasteiger partial charge in [0.2, 0.25) is 5.82 Å². The van der Waals surface area contributed by atoms with E-state index >= 15 is 0 Å². The van der Waals surface area contributed by atoms with Crippen LogP contribution < -0.4 is 10.6 Å². The highest BCUT2D eigenvalue weighted by Crippen LogP contribution is 2.16. The molecule has 0 radical (unpaired) electrons. The van der Waals surface area contributed by atoms with Crippen LogP contribution in [0.3, 0.4) is 0 Å². The van der Waals surface area contributed by atoms with Crippen molar-refractivity contribution >= 4 is 11.6 Å². The Morgan fingerprint density at radius 3 is 2.76 bits per heavy atom. The molecule has 2 rings (SSSR count). The van der Waals surface area contributed by atoms with Crippen LogP contribution >= 0.6 is 0 Å². The number of carbonyl (C=O) groups is 1. The fourth-order valence-electron chi connectivity index (χ4n) is 1.87. The van der Waals surface area contributed by atoms with Crippen molar-refractivity contribution in [2.75, 3.05) is 11.9 Å². The first-order valence-electron chi connectivity index (χ1n) is 7.14. The third-order valence-electron chi connectivity index (χ3n) is 3.08. The van der Waals surface area contributed by atoms with Crippen LogP contribution in [0.15, 0.2) is 24.3 Å². The molecule has 6 heteroatoms. The Bertz CT molecular complexity index is 606. The Labute approximate surface area is 124 Å². The quantitative estimate of drug-likeness (QED) is 0.761. The van der Waals surface area contributed by atoms with E-state index in [4.69, 9.17) is 0 Å². The zero-order chi connectivity index (χ0) is 15.2. The minimum atomic E-state index is -0.304. The summed E-state index contributed by atoms with van der Waals surface area (Å²) in [4.78, 5) is 16.4. The Morgan fingerprint density at radius 2 is 2.10 bits per heavy atom. The van der Waals surface area contributed by atoms with Gasteiger partial charge in [-0.1, -0.05) is 39.0 Å². The first kappa shape index (κ1) is 15.2. The summed E-state index contributed by atoms with van der Waals surface area (Å²) < 4.78 is 0. The van der Waals surface area contributed by atoms with Crippen LogP contribution in [0, 0.1) is 0 Å². The molecule has 0 aliphatic rings. The Hall–Kier alpha value is -2.21. The Morgan fingerprint density at radius 1 is 1.33 bits per heavy atom. The largest absolute Gasteiger partial charge is 0.319 e. The lowest BCUT2D eigenvalue weighted by atomic mass is 10.1. The maximum absolute atomic E-state index is 12.2. The van der Waals surface area contributed by atoms with E-state index < -0.39 is 0 Å². The molecule has 3 N–H and O–H groups in total. The molecule has 0 fully saturated rings. The number of nitrogens with one attached hydrogen (secondary N) is 3. The van der Waals surface area contributed by atoms with E-state index in [1.165, 1.54) is 0 Å². The van der Waals surface area contributed by atoms with E-state index in [1.807, 2.05) is 45.0 Å². The van der Waals surface area contributed by atoms with Crippen LogP contribution in [0.4, 0.5) is 5.69 Å². The van der Waals surface area contributed by atoms with Crippen molar-refractivity contribution in [1.29, 1.82) is 0 Å². The highest BCUT2D eigenvalue weighted by molar-refractivity contribution is 6.01. The highest BCUT2D eigenvalue weighted by atomic mass is 16.2. The van der Waals surface area contributed by atoms with E-state index in [-0.39, 0.29) is 17.6 Å². The van der Waals surface area contributed by atoms with Crippen molar-refractivity contribution in [3.63, 3.8) is 0 Å². The predicted molar refractivity (Wildman–Crippen MR) is 82.2 cm³/mol. The van der Waals surface area contributed by atoms with Crippen LogP contribution in [-0.4, -0.2) is 27.6 Å². The Balaban J connectivity index is 2.11. The second-order valence-electron chi connectivity index (χ2n) is 5.09. The van der Waals surface area contributed by atoms with Crippen molar-refractivity contribution < 1.29 is 4.79 Å². The van der Waals surface area contributed by atoms with Gasteiger partial charge < -0.3 is 10.6 Å². The van der Waals surface area contributed by atoms with Gasteiger partial charge >= 0.3 is 0 Å². The normalized spacial score (nSPS) is 10.9. The number of aromatic nitrogens is 3. The molecule has 0 unspecified atom stereocenters. The topological polar surface area (TPSA) is 82.7 Å². The molecule has 0 saturated carbocycles. The first-order chi connectivity index (χ1) is 10.1. The van der Waals surface area contributed by atoms with Gasteiger partial charge in [-0.2, -0.15) is 0 Å². The van der Waals surface area contributed by atoms with Crippen molar-refractivity contribution in [3.05, 3.63) is 41.5 Å². The molecule has 1 aromatic carbocycles. The van der Waals surface area contributed by atoms with E-state index in [2.05, 4.69) is 25.8 Å². The van der Waals surface area contributed by atoms with Crippen LogP contribution in [0.1, 0.15) is 48.7 Å². The SMILES string of the molecule is CCNCc1ccccc1NC(=O)c1n[nH]c(C(C)C)n1. The number of benzene rings is 1. The second kappa shape index (κ2) is 6.99. The molecular formula is C15H21N5O. The molecule has 1 heterocycles. The molecule has 0 spiro atoms. The lowest BCUT2D eigenvalue weighted by Crippen LogP contribution is -2.18. The molecule has 0 saturated heterocycles. The molecule has 6 nitrogen and oxygen atoms in total. The minimum absolute atomic E-state index is 0.164. The molecule has 0 aliphatic heterocycles. The van der Waals surface area contributed by atoms with Gasteiger partial charge in [0.15, 0.2) is 0 Å². The monoisotopic (exact) mass is 287 g/mol. The van der Waals surface area contributed by atoms with Crippen LogP contribution in [0.5, 0.6) is 0 Å². The van der Waals surface area contributed by atoms with Crippen molar-refractivity contribution in [2.45, 2.75) is 33.2 Å². The summed E-state index contributed by atoms with van der Waals surface area (Å²) in [5, 5.41) is 12.9. The smallest absolute Gasteiger partial charge is 0.295 e. The number of para-hydroxylation sites is 1. The van der Waals surface area contributed by atoms with Crippen LogP contribution in [0.25, 0.3) is 0 Å². The van der Waals surface area contributed by atoms with Gasteiger partial charge in [-0.05, 0) is 18.2 Å². The molecule has 21 heavy (non-hydrogen) atoms. The molecule has 112 valence electrons. The summed E-state index contributed by atoms with van der Waals surface area (Å²) >= 11 is 0. The molecule has 1 amide bonds. The average molecular weight is 287 g/mol. The molecular weight excluding hydrogens is 266 g/mol. The number of nitrogens with zero attached hydrogens (tertiary/aromatic N) is 2. The van der Waals surface area contributed by atoms with Crippen molar-refractivity contribution in [1.82, 2.24) is 20.5 Å². The van der Waals surface area contributed by atoms with Gasteiger partial charge in [0.05, 0.1) is 0 Å². The molecule has 2 aromatic rings. The van der Waals surface area contributed by atoms with Gasteiger partial charge in [0.1, 0.15) is 5.82 Å². The van der Waals surface area contributed by atoms with Crippen LogP contribution in [0.2, 0.25) is 0 Å². The summed E-state index contributed by atoms with van der Waals surface area (Å²) in [5.74, 6) is 0.778. The fourth-order valence-corrected chi connectivity index (χ4v) is 1.87. The average Bonchev–Trinajstić information content (AvgIpc) is 2.96. The number of anilines is 1. The van der Waals surface area contributed by atoms with E-state index in [1.54, 1.807) is 0 Å². The van der Waals surface area contributed by atoms with Gasteiger partial charge in [-0.15, -0.1) is 5.10 Å². The molecule has 0 bridgehead atoms. The number of hydrogen-bond acceptors (Lipinski definition) is 4. The van der Waals surface area contributed by atoms with Crippen LogP contribution in [-0.2, 0) is 6.54 Å². The summed E-state index contributed by atoms with van der Waals surface area (Å²) in [6.07, 6.45) is 0. The van der Waals surface area contributed by atoms with Gasteiger partial charge in [-0.25, -0.2) is 4.98 Å². The van der Waals surface area contributed by atoms with E-state index in [9.17, 15) is 4.79 Å². The zero-order valence-corrected chi connectivity index (χ0v) is 12.6. The number of aromatic amines is 1. The summed E-state index contributed by atoms with van der Waals surface area (Å²) in [6, 6.07) is 7.70. The lowest BCUT2D eigenvalue weighted by molar-refractivity contribution is 0.101. The number of hydrogen-bond donors (Lipinski definition) is 3. The van der Waals surface area contributed by atoms with Gasteiger partial charge in [-0.3, -0.25) is 9.89 Å². The standard InChI is InChI=1S/C15H21N5O/c1-4-16-9-11-7-5-6-8-12(11)17-15(21)14-18-13(10(2)3)19-20-14/h5-8,10,16H,4,9H2,1-3H3,(H,17,21)(H,18,19,20). The van der Waals surface area contributed by atoms with Gasteiger partial charge in [0, 0.05) is 18.2 Å². The fraction of sp³-hybridized carbons (Fsp3) is 0.400. The highest BCUT2D eigenvalue weighted by Gasteiger charge is 2.15. The van der Waals surface area contributed by atoms with E-state index in [0.717, 1.165) is 17.8 Å². The maximum Gasteiger partial charge on any atom is 0.295 e. The molecule has 0 atom stereocenters. The number of carbonyl (C=O) groups excluding carboxylic acids is 1. The summed E-state index contributed by atoms with van der Waals surface area (Å²) in [6.45, 7) is 7.61.